The Labute approximate surface area is 114 Å². The van der Waals surface area contributed by atoms with Gasteiger partial charge in [-0.15, -0.1) is 23.7 Å². The molecule has 1 aromatic rings. The quantitative estimate of drug-likeness (QED) is 0.758. The number of hydrogen-bond donors (Lipinski definition) is 2. The number of likely N-dealkylation sites (N-methyl/N-ethyl adjacent to an activating group) is 1. The third-order valence-electron chi connectivity index (χ3n) is 1.89. The van der Waals surface area contributed by atoms with Gasteiger partial charge in [0.1, 0.15) is 10.6 Å². The molecule has 0 saturated heterocycles. The third kappa shape index (κ3) is 5.61. The van der Waals surface area contributed by atoms with Crippen LogP contribution in [0, 0.1) is 0 Å². The van der Waals surface area contributed by atoms with Crippen molar-refractivity contribution in [2.24, 2.45) is 0 Å². The number of hydrogen-bond acceptors (Lipinski definition) is 4. The Morgan fingerprint density at radius 1 is 1.50 bits per heavy atom. The normalized spacial score (nSPS) is 10.0. The zero-order valence-electron chi connectivity index (χ0n) is 9.74. The van der Waals surface area contributed by atoms with E-state index in [-0.39, 0.29) is 23.0 Å². The largest absolute Gasteiger partial charge is 0.433 e. The van der Waals surface area contributed by atoms with Crippen molar-refractivity contribution in [1.29, 1.82) is 0 Å². The van der Waals surface area contributed by atoms with Gasteiger partial charge in [-0.05, 0) is 18.0 Å². The van der Waals surface area contributed by atoms with Gasteiger partial charge in [-0.3, -0.25) is 4.79 Å². The maximum absolute atomic E-state index is 12.0. The molecule has 0 radical (unpaired) electrons. The van der Waals surface area contributed by atoms with Crippen molar-refractivity contribution in [3.63, 3.8) is 0 Å². The molecule has 2 N–H and O–H groups in total. The minimum Gasteiger partial charge on any atom is -0.433 e. The van der Waals surface area contributed by atoms with Crippen molar-refractivity contribution in [3.05, 3.63) is 16.3 Å². The Hall–Kier alpha value is -0.920. The summed E-state index contributed by atoms with van der Waals surface area (Å²) in [5.74, 6) is -0.473. The Bertz CT molecular complexity index is 363. The van der Waals surface area contributed by atoms with Crippen LogP contribution in [0.3, 0.4) is 0 Å². The molecule has 0 atom stereocenters. The molecule has 0 aliphatic carbocycles. The smallest absolute Gasteiger partial charge is 0.387 e. The molecule has 1 aromatic heterocycles. The Kier molecular flexibility index (Phi) is 8.61. The zero-order chi connectivity index (χ0) is 12.7. The van der Waals surface area contributed by atoms with Gasteiger partial charge in [-0.25, -0.2) is 0 Å². The first-order chi connectivity index (χ1) is 8.15. The lowest BCUT2D eigenvalue weighted by Gasteiger charge is -2.07. The summed E-state index contributed by atoms with van der Waals surface area (Å²) in [4.78, 5) is 11.8. The van der Waals surface area contributed by atoms with Crippen LogP contribution in [-0.4, -0.2) is 32.2 Å². The lowest BCUT2D eigenvalue weighted by molar-refractivity contribution is -0.0498. The second-order valence-corrected chi connectivity index (χ2v) is 4.02. The molecule has 4 nitrogen and oxygen atoms in total. The van der Waals surface area contributed by atoms with Crippen LogP contribution in [0.2, 0.25) is 0 Å². The highest BCUT2D eigenvalue weighted by Gasteiger charge is 2.16. The van der Waals surface area contributed by atoms with E-state index in [4.69, 9.17) is 0 Å². The fourth-order valence-corrected chi connectivity index (χ4v) is 1.91. The second-order valence-electron chi connectivity index (χ2n) is 3.10. The number of amides is 1. The van der Waals surface area contributed by atoms with E-state index < -0.39 is 12.5 Å². The summed E-state index contributed by atoms with van der Waals surface area (Å²) in [7, 11) is 0. The van der Waals surface area contributed by atoms with E-state index in [9.17, 15) is 13.6 Å². The number of rotatable bonds is 7. The third-order valence-corrected chi connectivity index (χ3v) is 2.78. The molecule has 0 aliphatic heterocycles. The number of carbonyl (C=O) groups excluding carboxylic acids is 1. The van der Waals surface area contributed by atoms with E-state index in [1.54, 1.807) is 0 Å². The monoisotopic (exact) mass is 300 g/mol. The van der Waals surface area contributed by atoms with Gasteiger partial charge >= 0.3 is 6.61 Å². The van der Waals surface area contributed by atoms with E-state index >= 15 is 0 Å². The molecule has 1 amide bonds. The maximum Gasteiger partial charge on any atom is 0.387 e. The molecule has 0 unspecified atom stereocenters. The van der Waals surface area contributed by atoms with Crippen molar-refractivity contribution in [1.82, 2.24) is 10.6 Å². The zero-order valence-corrected chi connectivity index (χ0v) is 11.4. The summed E-state index contributed by atoms with van der Waals surface area (Å²) in [5, 5.41) is 7.19. The SMILES string of the molecule is CCNCCNC(=O)c1sccc1OC(F)F.Cl. The number of thiophene rings is 1. The second kappa shape index (κ2) is 9.07. The molecule has 0 fully saturated rings. The molecule has 0 bridgehead atoms. The number of carbonyl (C=O) groups is 1. The van der Waals surface area contributed by atoms with Crippen LogP contribution in [0.1, 0.15) is 16.6 Å². The molecule has 1 rings (SSSR count). The highest BCUT2D eigenvalue weighted by atomic mass is 35.5. The summed E-state index contributed by atoms with van der Waals surface area (Å²) in [6.07, 6.45) is 0. The van der Waals surface area contributed by atoms with Crippen molar-refractivity contribution < 1.29 is 18.3 Å². The lowest BCUT2D eigenvalue weighted by Crippen LogP contribution is -2.31. The van der Waals surface area contributed by atoms with Crippen LogP contribution in [0.15, 0.2) is 11.4 Å². The summed E-state index contributed by atoms with van der Waals surface area (Å²) >= 11 is 1.07. The van der Waals surface area contributed by atoms with E-state index in [0.29, 0.717) is 13.1 Å². The summed E-state index contributed by atoms with van der Waals surface area (Å²) in [6.45, 7) is 0.930. The van der Waals surface area contributed by atoms with Gasteiger partial charge in [0.15, 0.2) is 0 Å². The van der Waals surface area contributed by atoms with E-state index in [0.717, 1.165) is 17.9 Å². The van der Waals surface area contributed by atoms with Crippen LogP contribution >= 0.6 is 23.7 Å². The fraction of sp³-hybridized carbons (Fsp3) is 0.500. The molecule has 18 heavy (non-hydrogen) atoms. The molecule has 104 valence electrons. The van der Waals surface area contributed by atoms with E-state index in [1.807, 2.05) is 6.92 Å². The summed E-state index contributed by atoms with van der Waals surface area (Å²) in [6, 6.07) is 1.36. The first-order valence-electron chi connectivity index (χ1n) is 5.16. The van der Waals surface area contributed by atoms with Crippen LogP contribution in [0.4, 0.5) is 8.78 Å². The van der Waals surface area contributed by atoms with Crippen molar-refractivity contribution in [2.75, 3.05) is 19.6 Å². The van der Waals surface area contributed by atoms with Gasteiger partial charge in [-0.2, -0.15) is 8.78 Å². The molecule has 0 spiro atoms. The molecular weight excluding hydrogens is 286 g/mol. The number of alkyl halides is 2. The predicted octanol–water partition coefficient (Wildman–Crippen LogP) is 2.11. The van der Waals surface area contributed by atoms with Crippen LogP contribution < -0.4 is 15.4 Å². The Morgan fingerprint density at radius 2 is 2.22 bits per heavy atom. The van der Waals surface area contributed by atoms with Gasteiger partial charge < -0.3 is 15.4 Å². The van der Waals surface area contributed by atoms with Gasteiger partial charge in [-0.1, -0.05) is 6.92 Å². The van der Waals surface area contributed by atoms with E-state index in [2.05, 4.69) is 15.4 Å². The average Bonchev–Trinajstić information content (AvgIpc) is 2.71. The summed E-state index contributed by atoms with van der Waals surface area (Å²) in [5.41, 5.74) is 0. The molecule has 8 heteroatoms. The standard InChI is InChI=1S/C10H14F2N2O2S.ClH/c1-2-13-4-5-14-9(15)8-7(3-6-17-8)16-10(11)12;/h3,6,10,13H,2,4-5H2,1H3,(H,14,15);1H. The molecule has 0 saturated carbocycles. The molecule has 0 aliphatic rings. The fourth-order valence-electron chi connectivity index (χ4n) is 1.17. The first-order valence-corrected chi connectivity index (χ1v) is 6.04. The molecule has 0 aromatic carbocycles. The Morgan fingerprint density at radius 3 is 2.83 bits per heavy atom. The van der Waals surface area contributed by atoms with Crippen molar-refractivity contribution in [2.45, 2.75) is 13.5 Å². The predicted molar refractivity (Wildman–Crippen MR) is 69.1 cm³/mol. The molecular formula is C10H15ClF2N2O2S. The lowest BCUT2D eigenvalue weighted by atomic mass is 10.4. The van der Waals surface area contributed by atoms with Crippen LogP contribution in [0.25, 0.3) is 0 Å². The number of ether oxygens (including phenoxy) is 1. The van der Waals surface area contributed by atoms with Crippen molar-refractivity contribution >= 4 is 29.7 Å². The number of halogens is 3. The van der Waals surface area contributed by atoms with E-state index in [1.165, 1.54) is 11.4 Å². The highest BCUT2D eigenvalue weighted by molar-refractivity contribution is 7.12. The number of nitrogens with one attached hydrogen (secondary N) is 2. The minimum atomic E-state index is -2.92. The highest BCUT2D eigenvalue weighted by Crippen LogP contribution is 2.26. The van der Waals surface area contributed by atoms with Gasteiger partial charge in [0.25, 0.3) is 5.91 Å². The van der Waals surface area contributed by atoms with Gasteiger partial charge in [0, 0.05) is 13.1 Å². The maximum atomic E-state index is 12.0. The van der Waals surface area contributed by atoms with Gasteiger partial charge in [0.05, 0.1) is 0 Å². The van der Waals surface area contributed by atoms with Crippen molar-refractivity contribution in [3.8, 4) is 5.75 Å². The Balaban J connectivity index is 0.00000289. The minimum absolute atomic E-state index is 0. The van der Waals surface area contributed by atoms with Crippen LogP contribution in [0.5, 0.6) is 5.75 Å². The van der Waals surface area contributed by atoms with Crippen LogP contribution in [-0.2, 0) is 0 Å². The summed E-state index contributed by atoms with van der Waals surface area (Å²) < 4.78 is 28.3. The average molecular weight is 301 g/mol. The first kappa shape index (κ1) is 17.1. The molecule has 1 heterocycles. The topological polar surface area (TPSA) is 50.4 Å². The van der Waals surface area contributed by atoms with Gasteiger partial charge in [0.2, 0.25) is 0 Å².